The SMILES string of the molecule is CCCC1CCC(C2CCC(C3CCC(C(F)(F)Oc4ccc(C(F)(F)F)c(F)c4)CC3)CC2)C1. The predicted octanol–water partition coefficient (Wildman–Crippen LogP) is 9.65. The summed E-state index contributed by atoms with van der Waals surface area (Å²) < 4.78 is 86.2. The molecule has 0 heterocycles. The van der Waals surface area contributed by atoms with Gasteiger partial charge >= 0.3 is 12.3 Å². The summed E-state index contributed by atoms with van der Waals surface area (Å²) >= 11 is 0. The number of rotatable bonds is 7. The molecule has 35 heavy (non-hydrogen) atoms. The van der Waals surface area contributed by atoms with Crippen molar-refractivity contribution in [3.63, 3.8) is 0 Å². The van der Waals surface area contributed by atoms with Crippen LogP contribution in [0.1, 0.15) is 96.0 Å². The lowest BCUT2D eigenvalue weighted by molar-refractivity contribution is -0.224. The first-order valence-corrected chi connectivity index (χ1v) is 13.5. The lowest BCUT2D eigenvalue weighted by atomic mass is 9.67. The second-order valence-corrected chi connectivity index (χ2v) is 11.3. The van der Waals surface area contributed by atoms with Gasteiger partial charge in [-0.3, -0.25) is 0 Å². The molecule has 0 saturated heterocycles. The van der Waals surface area contributed by atoms with Crippen LogP contribution in [-0.2, 0) is 6.18 Å². The van der Waals surface area contributed by atoms with Gasteiger partial charge in [0, 0.05) is 6.07 Å². The number of benzene rings is 1. The standard InChI is InChI=1S/C28H38F6O/c1-2-3-18-4-5-22(16-18)21-8-6-19(7-9-21)20-10-12-23(13-11-20)28(33,34)35-24-14-15-25(26(29)17-24)27(30,31)32/h14-15,17-23H,2-13,16H2,1H3. The van der Waals surface area contributed by atoms with Gasteiger partial charge in [0.2, 0.25) is 0 Å². The van der Waals surface area contributed by atoms with Crippen LogP contribution in [-0.4, -0.2) is 6.11 Å². The van der Waals surface area contributed by atoms with Gasteiger partial charge in [0.15, 0.2) is 0 Å². The first kappa shape index (κ1) is 26.7. The number of hydrogen-bond acceptors (Lipinski definition) is 1. The van der Waals surface area contributed by atoms with Gasteiger partial charge in [-0.25, -0.2) is 4.39 Å². The van der Waals surface area contributed by atoms with Gasteiger partial charge in [0.1, 0.15) is 11.6 Å². The molecule has 0 amide bonds. The van der Waals surface area contributed by atoms with Crippen LogP contribution >= 0.6 is 0 Å². The largest absolute Gasteiger partial charge is 0.432 e. The Bertz CT molecular complexity index is 821. The van der Waals surface area contributed by atoms with Gasteiger partial charge in [-0.15, -0.1) is 0 Å². The maximum absolute atomic E-state index is 14.8. The van der Waals surface area contributed by atoms with Gasteiger partial charge in [-0.05, 0) is 106 Å². The molecule has 2 unspecified atom stereocenters. The molecule has 1 nitrogen and oxygen atoms in total. The highest BCUT2D eigenvalue weighted by atomic mass is 19.4. The molecule has 0 radical (unpaired) electrons. The molecule has 0 aliphatic heterocycles. The summed E-state index contributed by atoms with van der Waals surface area (Å²) in [7, 11) is 0. The van der Waals surface area contributed by atoms with Gasteiger partial charge in [-0.1, -0.05) is 26.2 Å². The third-order valence-electron chi connectivity index (χ3n) is 9.18. The summed E-state index contributed by atoms with van der Waals surface area (Å²) in [6.45, 7) is 2.27. The molecule has 4 rings (SSSR count). The van der Waals surface area contributed by atoms with E-state index in [9.17, 15) is 26.3 Å². The molecule has 3 fully saturated rings. The van der Waals surface area contributed by atoms with Gasteiger partial charge in [-0.2, -0.15) is 22.0 Å². The van der Waals surface area contributed by atoms with Crippen molar-refractivity contribution >= 4 is 0 Å². The van der Waals surface area contributed by atoms with Gasteiger partial charge in [0.25, 0.3) is 0 Å². The number of hydrogen-bond donors (Lipinski definition) is 0. The Morgan fingerprint density at radius 3 is 1.86 bits per heavy atom. The molecule has 3 aliphatic rings. The third kappa shape index (κ3) is 6.49. The topological polar surface area (TPSA) is 9.23 Å². The van der Waals surface area contributed by atoms with E-state index in [1.807, 2.05) is 0 Å². The van der Waals surface area contributed by atoms with E-state index >= 15 is 0 Å². The highest BCUT2D eigenvalue weighted by Gasteiger charge is 2.46. The maximum atomic E-state index is 14.8. The molecule has 2 atom stereocenters. The van der Waals surface area contributed by atoms with E-state index in [1.165, 1.54) is 57.8 Å². The average molecular weight is 505 g/mol. The summed E-state index contributed by atoms with van der Waals surface area (Å²) in [4.78, 5) is 0. The molecule has 3 saturated carbocycles. The van der Waals surface area contributed by atoms with Crippen LogP contribution in [0.5, 0.6) is 5.75 Å². The Hall–Kier alpha value is -1.40. The fourth-order valence-electron chi connectivity index (χ4n) is 7.26. The van der Waals surface area contributed by atoms with Crippen LogP contribution in [0.2, 0.25) is 0 Å². The molecule has 0 bridgehead atoms. The molecule has 0 aromatic heterocycles. The summed E-state index contributed by atoms with van der Waals surface area (Å²) in [6, 6.07) is 1.61. The molecule has 0 N–H and O–H groups in total. The van der Waals surface area contributed by atoms with Crippen molar-refractivity contribution < 1.29 is 31.1 Å². The Morgan fingerprint density at radius 2 is 1.31 bits per heavy atom. The Labute approximate surface area is 205 Å². The quantitative estimate of drug-likeness (QED) is 0.336. The van der Waals surface area contributed by atoms with Crippen molar-refractivity contribution in [2.75, 3.05) is 0 Å². The molecular weight excluding hydrogens is 466 g/mol. The molecule has 1 aromatic rings. The summed E-state index contributed by atoms with van der Waals surface area (Å²) in [5.41, 5.74) is -1.49. The minimum atomic E-state index is -4.88. The van der Waals surface area contributed by atoms with Crippen LogP contribution in [0.3, 0.4) is 0 Å². The maximum Gasteiger partial charge on any atom is 0.419 e. The van der Waals surface area contributed by atoms with E-state index < -0.39 is 35.3 Å². The fourth-order valence-corrected chi connectivity index (χ4v) is 7.26. The lowest BCUT2D eigenvalue weighted by Gasteiger charge is -2.40. The summed E-state index contributed by atoms with van der Waals surface area (Å²) in [5, 5.41) is 0. The minimum absolute atomic E-state index is 0.321. The number of ether oxygens (including phenoxy) is 1. The van der Waals surface area contributed by atoms with E-state index in [4.69, 9.17) is 4.74 Å². The zero-order valence-electron chi connectivity index (χ0n) is 20.6. The minimum Gasteiger partial charge on any atom is -0.432 e. The third-order valence-corrected chi connectivity index (χ3v) is 9.18. The van der Waals surface area contributed by atoms with E-state index in [1.54, 1.807) is 0 Å². The Morgan fingerprint density at radius 1 is 0.771 bits per heavy atom. The zero-order valence-corrected chi connectivity index (χ0v) is 20.6. The normalized spacial score (nSPS) is 32.5. The molecule has 1 aromatic carbocycles. The fraction of sp³-hybridized carbons (Fsp3) is 0.786. The van der Waals surface area contributed by atoms with E-state index in [0.29, 0.717) is 36.8 Å². The van der Waals surface area contributed by atoms with E-state index in [-0.39, 0.29) is 0 Å². The van der Waals surface area contributed by atoms with Crippen molar-refractivity contribution in [3.05, 3.63) is 29.6 Å². The molecule has 0 spiro atoms. The smallest absolute Gasteiger partial charge is 0.419 e. The Kier molecular flexibility index (Phi) is 8.32. The lowest BCUT2D eigenvalue weighted by Crippen LogP contribution is -2.38. The van der Waals surface area contributed by atoms with Crippen molar-refractivity contribution in [1.29, 1.82) is 0 Å². The van der Waals surface area contributed by atoms with Gasteiger partial charge < -0.3 is 4.74 Å². The summed E-state index contributed by atoms with van der Waals surface area (Å²) in [5.74, 6) is 0.523. The van der Waals surface area contributed by atoms with Crippen LogP contribution in [0.4, 0.5) is 26.3 Å². The Balaban J connectivity index is 1.24. The first-order valence-electron chi connectivity index (χ1n) is 13.5. The van der Waals surface area contributed by atoms with Crippen LogP contribution in [0.15, 0.2) is 18.2 Å². The van der Waals surface area contributed by atoms with Crippen molar-refractivity contribution in [1.82, 2.24) is 0 Å². The van der Waals surface area contributed by atoms with E-state index in [0.717, 1.165) is 36.7 Å². The second-order valence-electron chi connectivity index (χ2n) is 11.3. The first-order chi connectivity index (χ1) is 16.6. The predicted molar refractivity (Wildman–Crippen MR) is 124 cm³/mol. The molecule has 198 valence electrons. The number of halogens is 6. The zero-order chi connectivity index (χ0) is 25.2. The van der Waals surface area contributed by atoms with Gasteiger partial charge in [0.05, 0.1) is 11.5 Å². The average Bonchev–Trinajstić information content (AvgIpc) is 3.27. The molecule has 7 heteroatoms. The van der Waals surface area contributed by atoms with E-state index in [2.05, 4.69) is 6.92 Å². The highest BCUT2D eigenvalue weighted by molar-refractivity contribution is 5.30. The van der Waals surface area contributed by atoms with Crippen molar-refractivity contribution in [2.45, 2.75) is 103 Å². The molecule has 3 aliphatic carbocycles. The van der Waals surface area contributed by atoms with Crippen LogP contribution in [0, 0.1) is 41.3 Å². The molecular formula is C28H38F6O. The van der Waals surface area contributed by atoms with Crippen LogP contribution in [0.25, 0.3) is 0 Å². The second kappa shape index (κ2) is 10.9. The monoisotopic (exact) mass is 504 g/mol. The van der Waals surface area contributed by atoms with Crippen molar-refractivity contribution in [3.8, 4) is 5.75 Å². The highest BCUT2D eigenvalue weighted by Crippen LogP contribution is 2.49. The van der Waals surface area contributed by atoms with Crippen LogP contribution < -0.4 is 4.74 Å². The summed E-state index contributed by atoms with van der Waals surface area (Å²) in [6.07, 6.45) is 5.42. The van der Waals surface area contributed by atoms with Crippen molar-refractivity contribution in [2.24, 2.45) is 35.5 Å². The number of alkyl halides is 5.